The Morgan fingerprint density at radius 1 is 1.50 bits per heavy atom. The lowest BCUT2D eigenvalue weighted by atomic mass is 10.0. The summed E-state index contributed by atoms with van der Waals surface area (Å²) in [7, 11) is 0. The summed E-state index contributed by atoms with van der Waals surface area (Å²) in [6.45, 7) is -0.553. The maximum Gasteiger partial charge on any atom is 0.255 e. The van der Waals surface area contributed by atoms with E-state index in [4.69, 9.17) is 12.6 Å². The van der Waals surface area contributed by atoms with E-state index >= 15 is 0 Å². The van der Waals surface area contributed by atoms with Gasteiger partial charge >= 0.3 is 0 Å². The van der Waals surface area contributed by atoms with Crippen LogP contribution in [0.3, 0.4) is 0 Å². The predicted molar refractivity (Wildman–Crippen MR) is 66.9 cm³/mol. The van der Waals surface area contributed by atoms with E-state index in [1.165, 1.54) is 0 Å². The quantitative estimate of drug-likeness (QED) is 0.567. The number of rotatable bonds is 1. The number of nitrogens with two attached hydrogens (primary N) is 1. The van der Waals surface area contributed by atoms with Gasteiger partial charge in [-0.3, -0.25) is 19.7 Å². The molecule has 104 valence electrons. The maximum absolute atomic E-state index is 13.9. The number of nitrogens with zero attached hydrogens (tertiary/aromatic N) is 1. The van der Waals surface area contributed by atoms with Crippen LogP contribution in [0.2, 0.25) is 0 Å². The van der Waals surface area contributed by atoms with Gasteiger partial charge < -0.3 is 10.6 Å². The summed E-state index contributed by atoms with van der Waals surface area (Å²) in [4.78, 5) is 36.7. The molecule has 3 rings (SSSR count). The lowest BCUT2D eigenvalue weighted by molar-refractivity contribution is -0.136. The minimum Gasteiger partial charge on any atom is -0.398 e. The third kappa shape index (κ3) is 1.82. The monoisotopic (exact) mass is 282 g/mol. The highest BCUT2D eigenvalue weighted by Crippen LogP contribution is 2.31. The van der Waals surface area contributed by atoms with E-state index in [0.717, 1.165) is 0 Å². The highest BCUT2D eigenvalue weighted by atomic mass is 19.1. The number of carbonyl (C=O) groups excluding carboxylic acids is 3. The molecule has 2 aliphatic heterocycles. The number of halogens is 1. The summed E-state index contributed by atoms with van der Waals surface area (Å²) < 4.78 is 53.2. The van der Waals surface area contributed by atoms with Gasteiger partial charge in [-0.25, -0.2) is 4.39 Å². The zero-order valence-corrected chi connectivity index (χ0v) is 10.0. The Morgan fingerprint density at radius 2 is 2.25 bits per heavy atom. The van der Waals surface area contributed by atoms with E-state index in [1.54, 1.807) is 0 Å². The van der Waals surface area contributed by atoms with Crippen molar-refractivity contribution in [2.75, 3.05) is 5.73 Å². The molecule has 1 fully saturated rings. The van der Waals surface area contributed by atoms with Gasteiger partial charge in [0.25, 0.3) is 5.91 Å². The lowest BCUT2D eigenvalue weighted by Gasteiger charge is -2.29. The van der Waals surface area contributed by atoms with Gasteiger partial charge in [-0.15, -0.1) is 0 Å². The first-order valence-electron chi connectivity index (χ1n) is 8.16. The fraction of sp³-hybridized carbons (Fsp3) is 0.308. The molecule has 0 aliphatic carbocycles. The van der Waals surface area contributed by atoms with Crippen LogP contribution >= 0.6 is 0 Å². The van der Waals surface area contributed by atoms with Crippen LogP contribution in [0.1, 0.15) is 35.6 Å². The summed E-state index contributed by atoms with van der Waals surface area (Å²) in [5.74, 6) is -4.72. The molecule has 20 heavy (non-hydrogen) atoms. The topological polar surface area (TPSA) is 92.5 Å². The van der Waals surface area contributed by atoms with Crippen molar-refractivity contribution >= 4 is 23.4 Å². The minimum atomic E-state index is -2.81. The Morgan fingerprint density at radius 3 is 2.95 bits per heavy atom. The number of amides is 3. The Hall–Kier alpha value is -2.44. The van der Waals surface area contributed by atoms with E-state index in [2.05, 4.69) is 0 Å². The molecule has 0 spiro atoms. The van der Waals surface area contributed by atoms with E-state index in [9.17, 15) is 18.8 Å². The van der Waals surface area contributed by atoms with Crippen molar-refractivity contribution in [3.8, 4) is 0 Å². The molecule has 3 N–H and O–H groups in total. The predicted octanol–water partition coefficient (Wildman–Crippen LogP) is 0.169. The third-order valence-electron chi connectivity index (χ3n) is 3.04. The van der Waals surface area contributed by atoms with E-state index in [-0.39, 0.29) is 5.56 Å². The molecule has 1 saturated heterocycles. The lowest BCUT2D eigenvalue weighted by Crippen LogP contribution is -2.52. The average Bonchev–Trinajstić information content (AvgIpc) is 2.86. The van der Waals surface area contributed by atoms with Crippen LogP contribution < -0.4 is 11.1 Å². The number of benzene rings is 1. The molecule has 1 aromatic rings. The van der Waals surface area contributed by atoms with Crippen molar-refractivity contribution in [2.24, 2.45) is 0 Å². The molecule has 0 aromatic heterocycles. The number of anilines is 1. The number of fused-ring (bicyclic) bond motifs is 1. The fourth-order valence-electron chi connectivity index (χ4n) is 2.13. The van der Waals surface area contributed by atoms with Crippen molar-refractivity contribution in [2.45, 2.75) is 25.4 Å². The van der Waals surface area contributed by atoms with Crippen LogP contribution in [0.5, 0.6) is 0 Å². The standard InChI is InChI=1S/C13H12FN3O3/c14-6-3-7-8(9(15)4-6)5-17(13(7)20)10-1-2-11(18)16-12(10)19/h3-4,10H,1-2,5,15H2,(H,16,18,19)/t10-/m0/s1/i1D2,3D,4D,10D. The van der Waals surface area contributed by atoms with Crippen molar-refractivity contribution in [3.63, 3.8) is 0 Å². The van der Waals surface area contributed by atoms with Crippen molar-refractivity contribution in [1.82, 2.24) is 10.2 Å². The molecular weight excluding hydrogens is 265 g/mol. The molecule has 2 aliphatic rings. The highest BCUT2D eigenvalue weighted by molar-refractivity contribution is 6.06. The molecule has 7 heteroatoms. The fourth-order valence-corrected chi connectivity index (χ4v) is 2.13. The number of hydrogen-bond donors (Lipinski definition) is 2. The van der Waals surface area contributed by atoms with Gasteiger partial charge in [0, 0.05) is 32.5 Å². The summed E-state index contributed by atoms with van der Waals surface area (Å²) in [5.41, 5.74) is 4.57. The molecule has 2 heterocycles. The molecule has 6 nitrogen and oxygen atoms in total. The molecule has 1 aromatic carbocycles. The van der Waals surface area contributed by atoms with Crippen molar-refractivity contribution < 1.29 is 25.6 Å². The van der Waals surface area contributed by atoms with Gasteiger partial charge in [0.15, 0.2) is 0 Å². The molecular formula is C13H12FN3O3. The Kier molecular flexibility index (Phi) is 1.71. The van der Waals surface area contributed by atoms with Gasteiger partial charge in [0.2, 0.25) is 11.8 Å². The van der Waals surface area contributed by atoms with Gasteiger partial charge in [-0.2, -0.15) is 0 Å². The number of imide groups is 1. The van der Waals surface area contributed by atoms with Crippen LogP contribution in [0.4, 0.5) is 10.1 Å². The molecule has 3 amide bonds. The number of carbonyl (C=O) groups is 3. The van der Waals surface area contributed by atoms with Crippen LogP contribution in [0.25, 0.3) is 0 Å². The molecule has 0 unspecified atom stereocenters. The number of nitrogen functional groups attached to an aromatic ring is 1. The molecule has 0 saturated carbocycles. The summed E-state index contributed by atoms with van der Waals surface area (Å²) >= 11 is 0. The molecule has 0 radical (unpaired) electrons. The Balaban J connectivity index is 2.17. The van der Waals surface area contributed by atoms with E-state index in [1.807, 2.05) is 5.32 Å². The normalized spacial score (nSPS) is 31.8. The minimum absolute atomic E-state index is 0.117. The Bertz CT molecular complexity index is 862. The summed E-state index contributed by atoms with van der Waals surface area (Å²) in [6, 6.07) is -4.50. The highest BCUT2D eigenvalue weighted by Gasteiger charge is 2.39. The Labute approximate surface area is 120 Å². The zero-order chi connectivity index (χ0) is 18.9. The second kappa shape index (κ2) is 4.29. The average molecular weight is 282 g/mol. The van der Waals surface area contributed by atoms with Crippen LogP contribution in [0, 0.1) is 5.82 Å². The van der Waals surface area contributed by atoms with Crippen molar-refractivity contribution in [1.29, 1.82) is 0 Å². The van der Waals surface area contributed by atoms with Crippen LogP contribution in [-0.2, 0) is 16.1 Å². The first-order chi connectivity index (χ1) is 11.4. The zero-order valence-electron chi connectivity index (χ0n) is 15.0. The first-order valence-corrected chi connectivity index (χ1v) is 5.66. The number of piperidine rings is 1. The third-order valence-corrected chi connectivity index (χ3v) is 3.04. The van der Waals surface area contributed by atoms with Gasteiger partial charge in [-0.1, -0.05) is 0 Å². The smallest absolute Gasteiger partial charge is 0.255 e. The SMILES string of the molecule is [2H]c1c(N)c2c(c([2H])c1F)C(=O)N([C@]1([2H])C(=O)NC(=O)CC1([2H])[2H])C2. The van der Waals surface area contributed by atoms with Gasteiger partial charge in [-0.05, 0) is 18.5 Å². The second-order valence-corrected chi connectivity index (χ2v) is 4.30. The van der Waals surface area contributed by atoms with Crippen LogP contribution in [0.15, 0.2) is 12.1 Å². The van der Waals surface area contributed by atoms with Crippen LogP contribution in [-0.4, -0.2) is 28.6 Å². The van der Waals surface area contributed by atoms with E-state index < -0.39 is 72.2 Å². The number of hydrogen-bond acceptors (Lipinski definition) is 4. The first kappa shape index (κ1) is 7.98. The maximum atomic E-state index is 13.9. The van der Waals surface area contributed by atoms with Crippen molar-refractivity contribution in [3.05, 3.63) is 29.0 Å². The van der Waals surface area contributed by atoms with Gasteiger partial charge in [0.05, 0.1) is 4.11 Å². The summed E-state index contributed by atoms with van der Waals surface area (Å²) in [6.07, 6.45) is -3.55. The second-order valence-electron chi connectivity index (χ2n) is 4.30. The molecule has 1 atom stereocenters. The summed E-state index contributed by atoms with van der Waals surface area (Å²) in [5, 5.41) is 1.81. The van der Waals surface area contributed by atoms with Gasteiger partial charge in [0.1, 0.15) is 11.8 Å². The molecule has 0 bridgehead atoms. The van der Waals surface area contributed by atoms with E-state index in [0.29, 0.717) is 4.90 Å². The largest absolute Gasteiger partial charge is 0.398 e. The number of nitrogens with one attached hydrogen (secondary N) is 1.